The van der Waals surface area contributed by atoms with Crippen LogP contribution in [0.15, 0.2) is 18.2 Å². The lowest BCUT2D eigenvalue weighted by Crippen LogP contribution is -2.40. The summed E-state index contributed by atoms with van der Waals surface area (Å²) in [5.41, 5.74) is 7.41. The zero-order valence-electron chi connectivity index (χ0n) is 10.8. The Labute approximate surface area is 107 Å². The van der Waals surface area contributed by atoms with E-state index in [2.05, 4.69) is 5.32 Å². The van der Waals surface area contributed by atoms with Crippen LogP contribution in [-0.2, 0) is 11.2 Å². The van der Waals surface area contributed by atoms with Crippen molar-refractivity contribution in [3.63, 3.8) is 0 Å². The van der Waals surface area contributed by atoms with Crippen molar-refractivity contribution in [2.75, 3.05) is 20.3 Å². The minimum absolute atomic E-state index is 0.121. The first kappa shape index (κ1) is 14.5. The molecule has 0 fully saturated rings. The maximum absolute atomic E-state index is 11.6. The van der Waals surface area contributed by atoms with E-state index in [9.17, 15) is 4.79 Å². The van der Waals surface area contributed by atoms with Gasteiger partial charge in [0.05, 0.1) is 20.1 Å². The standard InChI is InChI=1S/C13H20N2O3/c1-9-3-4-10(5-12(9)18-2)6-13(17)15-7-11(14)8-16/h3-5,11,16H,6-8,14H2,1-2H3,(H,15,17). The van der Waals surface area contributed by atoms with Gasteiger partial charge in [0.2, 0.25) is 5.91 Å². The molecule has 0 bridgehead atoms. The minimum atomic E-state index is -0.415. The predicted molar refractivity (Wildman–Crippen MR) is 69.5 cm³/mol. The number of amides is 1. The molecule has 1 rings (SSSR count). The SMILES string of the molecule is COc1cc(CC(=O)NCC(N)CO)ccc1C. The molecule has 0 saturated heterocycles. The highest BCUT2D eigenvalue weighted by atomic mass is 16.5. The van der Waals surface area contributed by atoms with E-state index in [-0.39, 0.29) is 25.5 Å². The molecular weight excluding hydrogens is 232 g/mol. The van der Waals surface area contributed by atoms with Crippen LogP contribution in [0.1, 0.15) is 11.1 Å². The van der Waals surface area contributed by atoms with Gasteiger partial charge in [-0.15, -0.1) is 0 Å². The fourth-order valence-corrected chi connectivity index (χ4v) is 1.53. The molecule has 0 aromatic heterocycles. The van der Waals surface area contributed by atoms with E-state index in [0.717, 1.165) is 16.9 Å². The Morgan fingerprint density at radius 3 is 2.89 bits per heavy atom. The lowest BCUT2D eigenvalue weighted by Gasteiger charge is -2.11. The maximum Gasteiger partial charge on any atom is 0.224 e. The molecule has 0 aliphatic carbocycles. The van der Waals surface area contributed by atoms with Crippen LogP contribution < -0.4 is 15.8 Å². The molecule has 4 N–H and O–H groups in total. The van der Waals surface area contributed by atoms with Crippen molar-refractivity contribution in [2.45, 2.75) is 19.4 Å². The monoisotopic (exact) mass is 252 g/mol. The van der Waals surface area contributed by atoms with Gasteiger partial charge in [-0.05, 0) is 24.1 Å². The molecule has 0 heterocycles. The average Bonchev–Trinajstić information content (AvgIpc) is 2.38. The highest BCUT2D eigenvalue weighted by Crippen LogP contribution is 2.19. The van der Waals surface area contributed by atoms with Gasteiger partial charge in [0, 0.05) is 12.6 Å². The summed E-state index contributed by atoms with van der Waals surface area (Å²) in [4.78, 5) is 11.6. The molecule has 0 spiro atoms. The van der Waals surface area contributed by atoms with Gasteiger partial charge in [-0.25, -0.2) is 0 Å². The number of nitrogens with two attached hydrogens (primary N) is 1. The number of aliphatic hydroxyl groups excluding tert-OH is 1. The molecule has 0 saturated carbocycles. The molecule has 1 atom stereocenters. The molecule has 0 aliphatic rings. The number of ether oxygens (including phenoxy) is 1. The van der Waals surface area contributed by atoms with Crippen LogP contribution in [0.5, 0.6) is 5.75 Å². The lowest BCUT2D eigenvalue weighted by molar-refractivity contribution is -0.120. The topological polar surface area (TPSA) is 84.6 Å². The number of benzene rings is 1. The van der Waals surface area contributed by atoms with E-state index in [1.54, 1.807) is 7.11 Å². The highest BCUT2D eigenvalue weighted by Gasteiger charge is 2.07. The van der Waals surface area contributed by atoms with Crippen LogP contribution in [0.25, 0.3) is 0 Å². The third kappa shape index (κ3) is 4.35. The normalized spacial score (nSPS) is 12.0. The predicted octanol–water partition coefficient (Wildman–Crippen LogP) is -0.0181. The number of aliphatic hydroxyl groups is 1. The second kappa shape index (κ2) is 6.98. The number of hydrogen-bond donors (Lipinski definition) is 3. The number of carbonyl (C=O) groups is 1. The fourth-order valence-electron chi connectivity index (χ4n) is 1.53. The van der Waals surface area contributed by atoms with Gasteiger partial charge in [-0.3, -0.25) is 4.79 Å². The molecule has 18 heavy (non-hydrogen) atoms. The van der Waals surface area contributed by atoms with Crippen LogP contribution in [0.2, 0.25) is 0 Å². The molecule has 100 valence electrons. The van der Waals surface area contributed by atoms with Crippen molar-refractivity contribution in [2.24, 2.45) is 5.73 Å². The van der Waals surface area contributed by atoms with Crippen LogP contribution in [0.4, 0.5) is 0 Å². The van der Waals surface area contributed by atoms with Crippen LogP contribution in [0.3, 0.4) is 0 Å². The Bertz CT molecular complexity index is 407. The van der Waals surface area contributed by atoms with Crippen LogP contribution in [-0.4, -0.2) is 37.3 Å². The van der Waals surface area contributed by atoms with Crippen molar-refractivity contribution >= 4 is 5.91 Å². The van der Waals surface area contributed by atoms with E-state index < -0.39 is 6.04 Å². The maximum atomic E-state index is 11.6. The van der Waals surface area contributed by atoms with Gasteiger partial charge < -0.3 is 20.9 Å². The highest BCUT2D eigenvalue weighted by molar-refractivity contribution is 5.78. The summed E-state index contributed by atoms with van der Waals surface area (Å²) in [5.74, 6) is 0.650. The largest absolute Gasteiger partial charge is 0.496 e. The van der Waals surface area contributed by atoms with Crippen molar-refractivity contribution < 1.29 is 14.6 Å². The summed E-state index contributed by atoms with van der Waals surface area (Å²) in [5, 5.41) is 11.4. The van der Waals surface area contributed by atoms with Crippen molar-refractivity contribution in [1.82, 2.24) is 5.32 Å². The molecule has 0 radical (unpaired) electrons. The zero-order chi connectivity index (χ0) is 13.5. The summed E-state index contributed by atoms with van der Waals surface area (Å²) in [6, 6.07) is 5.24. The summed E-state index contributed by atoms with van der Waals surface area (Å²) in [6.45, 7) is 2.08. The van der Waals surface area contributed by atoms with E-state index in [1.165, 1.54) is 0 Å². The fraction of sp³-hybridized carbons (Fsp3) is 0.462. The van der Waals surface area contributed by atoms with Crippen molar-refractivity contribution in [3.05, 3.63) is 29.3 Å². The van der Waals surface area contributed by atoms with Crippen LogP contribution in [0, 0.1) is 6.92 Å². The van der Waals surface area contributed by atoms with Gasteiger partial charge in [-0.1, -0.05) is 12.1 Å². The number of carbonyl (C=O) groups excluding carboxylic acids is 1. The molecule has 1 aromatic carbocycles. The summed E-state index contributed by atoms with van der Waals surface area (Å²) in [7, 11) is 1.60. The Morgan fingerprint density at radius 2 is 2.28 bits per heavy atom. The molecular formula is C13H20N2O3. The van der Waals surface area contributed by atoms with Gasteiger partial charge in [0.1, 0.15) is 5.75 Å². The number of rotatable bonds is 6. The second-order valence-corrected chi connectivity index (χ2v) is 4.23. The lowest BCUT2D eigenvalue weighted by atomic mass is 10.1. The molecule has 0 aliphatic heterocycles. The van der Waals surface area contributed by atoms with E-state index >= 15 is 0 Å². The Balaban J connectivity index is 2.54. The molecule has 5 heteroatoms. The zero-order valence-corrected chi connectivity index (χ0v) is 10.8. The molecule has 1 unspecified atom stereocenters. The second-order valence-electron chi connectivity index (χ2n) is 4.23. The first-order chi connectivity index (χ1) is 8.56. The summed E-state index contributed by atoms with van der Waals surface area (Å²) < 4.78 is 5.20. The number of methoxy groups -OCH3 is 1. The number of nitrogens with one attached hydrogen (secondary N) is 1. The van der Waals surface area contributed by atoms with E-state index in [0.29, 0.717) is 0 Å². The Morgan fingerprint density at radius 1 is 1.56 bits per heavy atom. The van der Waals surface area contributed by atoms with Gasteiger partial charge in [0.15, 0.2) is 0 Å². The first-order valence-corrected chi connectivity index (χ1v) is 5.83. The average molecular weight is 252 g/mol. The first-order valence-electron chi connectivity index (χ1n) is 5.83. The third-order valence-corrected chi connectivity index (χ3v) is 2.63. The van der Waals surface area contributed by atoms with E-state index in [4.69, 9.17) is 15.6 Å². The number of hydrogen-bond acceptors (Lipinski definition) is 4. The Hall–Kier alpha value is -1.59. The van der Waals surface area contributed by atoms with Gasteiger partial charge >= 0.3 is 0 Å². The van der Waals surface area contributed by atoms with Gasteiger partial charge in [0.25, 0.3) is 0 Å². The third-order valence-electron chi connectivity index (χ3n) is 2.63. The van der Waals surface area contributed by atoms with Gasteiger partial charge in [-0.2, -0.15) is 0 Å². The Kier molecular flexibility index (Phi) is 5.61. The summed E-state index contributed by atoms with van der Waals surface area (Å²) in [6.07, 6.45) is 0.273. The quantitative estimate of drug-likeness (QED) is 0.664. The molecule has 1 amide bonds. The summed E-state index contributed by atoms with van der Waals surface area (Å²) >= 11 is 0. The minimum Gasteiger partial charge on any atom is -0.496 e. The van der Waals surface area contributed by atoms with Crippen molar-refractivity contribution in [1.29, 1.82) is 0 Å². The molecule has 5 nitrogen and oxygen atoms in total. The van der Waals surface area contributed by atoms with E-state index in [1.807, 2.05) is 25.1 Å². The molecule has 1 aromatic rings. The van der Waals surface area contributed by atoms with Crippen LogP contribution >= 0.6 is 0 Å². The number of aryl methyl sites for hydroxylation is 1. The van der Waals surface area contributed by atoms with Crippen molar-refractivity contribution in [3.8, 4) is 5.75 Å². The smallest absolute Gasteiger partial charge is 0.224 e.